The Morgan fingerprint density at radius 3 is 2.25 bits per heavy atom. The summed E-state index contributed by atoms with van der Waals surface area (Å²) in [5, 5.41) is 2.80. The number of carbonyl (C=O) groups excluding carboxylic acids is 1. The predicted molar refractivity (Wildman–Crippen MR) is 91.1 cm³/mol. The lowest BCUT2D eigenvalue weighted by Gasteiger charge is -2.20. The van der Waals surface area contributed by atoms with E-state index in [1.165, 1.54) is 24.3 Å². The molecular weight excluding hydrogens is 328 g/mol. The van der Waals surface area contributed by atoms with Crippen LogP contribution in [0.15, 0.2) is 52.0 Å². The summed E-state index contributed by atoms with van der Waals surface area (Å²) in [6.45, 7) is 7.11. The lowest BCUT2D eigenvalue weighted by atomic mass is 10.1. The Hall–Kier alpha value is -2.12. The average Bonchev–Trinajstić information content (AvgIpc) is 2.99. The third-order valence-electron chi connectivity index (χ3n) is 3.18. The highest BCUT2D eigenvalue weighted by Gasteiger charge is 2.22. The van der Waals surface area contributed by atoms with Gasteiger partial charge in [-0.1, -0.05) is 0 Å². The molecule has 0 aliphatic carbocycles. The molecule has 6 nitrogen and oxygen atoms in total. The van der Waals surface area contributed by atoms with Crippen molar-refractivity contribution in [3.05, 3.63) is 54.0 Å². The molecule has 1 amide bonds. The number of nitrogens with one attached hydrogen (secondary N) is 2. The second-order valence-corrected chi connectivity index (χ2v) is 8.27. The summed E-state index contributed by atoms with van der Waals surface area (Å²) in [5.41, 5.74) is -0.198. The fraction of sp³-hybridized carbons (Fsp3) is 0.353. The van der Waals surface area contributed by atoms with Crippen molar-refractivity contribution in [2.24, 2.45) is 0 Å². The molecule has 0 aliphatic heterocycles. The molecule has 0 radical (unpaired) electrons. The van der Waals surface area contributed by atoms with Crippen molar-refractivity contribution >= 4 is 15.9 Å². The Morgan fingerprint density at radius 1 is 1.12 bits per heavy atom. The number of amides is 1. The van der Waals surface area contributed by atoms with Gasteiger partial charge in [0.25, 0.3) is 5.91 Å². The summed E-state index contributed by atoms with van der Waals surface area (Å²) in [6, 6.07) is 9.06. The van der Waals surface area contributed by atoms with E-state index in [1.807, 2.05) is 6.92 Å². The van der Waals surface area contributed by atoms with Gasteiger partial charge in [0.2, 0.25) is 10.0 Å². The van der Waals surface area contributed by atoms with Crippen LogP contribution in [0.25, 0.3) is 0 Å². The number of furan rings is 1. The van der Waals surface area contributed by atoms with Gasteiger partial charge in [-0.15, -0.1) is 0 Å². The Morgan fingerprint density at radius 2 is 1.75 bits per heavy atom. The van der Waals surface area contributed by atoms with E-state index in [1.54, 1.807) is 39.2 Å². The van der Waals surface area contributed by atoms with Gasteiger partial charge in [0.1, 0.15) is 5.76 Å². The van der Waals surface area contributed by atoms with Crippen molar-refractivity contribution in [3.63, 3.8) is 0 Å². The van der Waals surface area contributed by atoms with E-state index in [0.29, 0.717) is 11.3 Å². The third-order valence-corrected chi connectivity index (χ3v) is 4.96. The number of sulfonamides is 1. The molecule has 0 fully saturated rings. The van der Waals surface area contributed by atoms with Gasteiger partial charge in [-0.05, 0) is 64.1 Å². The normalized spacial score (nSPS) is 13.5. The van der Waals surface area contributed by atoms with Gasteiger partial charge in [0.05, 0.1) is 17.2 Å². The van der Waals surface area contributed by atoms with Crippen LogP contribution in [0.3, 0.4) is 0 Å². The van der Waals surface area contributed by atoms with Crippen LogP contribution in [0.2, 0.25) is 0 Å². The van der Waals surface area contributed by atoms with E-state index in [0.717, 1.165) is 0 Å². The van der Waals surface area contributed by atoms with Crippen molar-refractivity contribution in [1.82, 2.24) is 10.0 Å². The molecule has 2 rings (SSSR count). The van der Waals surface area contributed by atoms with Crippen molar-refractivity contribution in [2.75, 3.05) is 0 Å². The minimum atomic E-state index is -3.62. The zero-order valence-corrected chi connectivity index (χ0v) is 15.0. The quantitative estimate of drug-likeness (QED) is 0.868. The molecule has 2 aromatic rings. The number of rotatable bonds is 5. The molecule has 0 bridgehead atoms. The Balaban J connectivity index is 2.10. The van der Waals surface area contributed by atoms with Crippen LogP contribution in [0.1, 0.15) is 49.9 Å². The second-order valence-electron chi connectivity index (χ2n) is 6.59. The smallest absolute Gasteiger partial charge is 0.251 e. The van der Waals surface area contributed by atoms with Crippen molar-refractivity contribution in [2.45, 2.75) is 44.2 Å². The molecule has 1 aromatic heterocycles. The highest BCUT2D eigenvalue weighted by molar-refractivity contribution is 7.89. The standard InChI is InChI=1S/C17H22N2O4S/c1-12(15-6-5-11-23-15)18-16(20)13-7-9-14(10-8-13)24(21,22)19-17(2,3)4/h5-12,19H,1-4H3,(H,18,20)/t12-/m0/s1. The molecule has 24 heavy (non-hydrogen) atoms. The Labute approximate surface area is 142 Å². The van der Waals surface area contributed by atoms with E-state index in [9.17, 15) is 13.2 Å². The molecule has 0 saturated carbocycles. The minimum absolute atomic E-state index is 0.119. The Bertz CT molecular complexity index is 788. The van der Waals surface area contributed by atoms with Crippen molar-refractivity contribution < 1.29 is 17.6 Å². The zero-order valence-electron chi connectivity index (χ0n) is 14.2. The van der Waals surface area contributed by atoms with Crippen molar-refractivity contribution in [1.29, 1.82) is 0 Å². The van der Waals surface area contributed by atoms with Gasteiger partial charge in [0, 0.05) is 11.1 Å². The fourth-order valence-corrected chi connectivity index (χ4v) is 3.55. The average molecular weight is 350 g/mol. The summed E-state index contributed by atoms with van der Waals surface area (Å²) in [5.74, 6) is 0.351. The van der Waals surface area contributed by atoms with Crippen LogP contribution in [0, 0.1) is 0 Å². The molecule has 130 valence electrons. The second kappa shape index (κ2) is 6.78. The van der Waals surface area contributed by atoms with E-state index in [2.05, 4.69) is 10.0 Å². The minimum Gasteiger partial charge on any atom is -0.467 e. The highest BCUT2D eigenvalue weighted by atomic mass is 32.2. The number of hydrogen-bond donors (Lipinski definition) is 2. The molecule has 0 aliphatic rings. The third kappa shape index (κ3) is 4.69. The summed E-state index contributed by atoms with van der Waals surface area (Å²) in [7, 11) is -3.62. The monoisotopic (exact) mass is 350 g/mol. The number of benzene rings is 1. The highest BCUT2D eigenvalue weighted by Crippen LogP contribution is 2.16. The lowest BCUT2D eigenvalue weighted by molar-refractivity contribution is 0.0935. The first-order valence-electron chi connectivity index (χ1n) is 7.57. The first-order valence-corrected chi connectivity index (χ1v) is 9.05. The van der Waals surface area contributed by atoms with Gasteiger partial charge in [-0.25, -0.2) is 13.1 Å². The van der Waals surface area contributed by atoms with E-state index in [-0.39, 0.29) is 16.8 Å². The van der Waals surface area contributed by atoms with Crippen LogP contribution in [0.5, 0.6) is 0 Å². The zero-order chi connectivity index (χ0) is 18.0. The van der Waals surface area contributed by atoms with Crippen molar-refractivity contribution in [3.8, 4) is 0 Å². The maximum absolute atomic E-state index is 12.2. The van der Waals surface area contributed by atoms with Gasteiger partial charge < -0.3 is 9.73 Å². The molecule has 0 unspecified atom stereocenters. The van der Waals surface area contributed by atoms with Gasteiger partial charge in [0.15, 0.2) is 0 Å². The topological polar surface area (TPSA) is 88.4 Å². The molecule has 1 atom stereocenters. The maximum atomic E-state index is 12.2. The van der Waals surface area contributed by atoms with E-state index >= 15 is 0 Å². The summed E-state index contributed by atoms with van der Waals surface area (Å²) < 4.78 is 32.3. The molecule has 7 heteroatoms. The van der Waals surface area contributed by atoms with Crippen LogP contribution in [0.4, 0.5) is 0 Å². The first kappa shape index (κ1) is 18.2. The van der Waals surface area contributed by atoms with E-state index < -0.39 is 15.6 Å². The Kier molecular flexibility index (Phi) is 5.15. The largest absolute Gasteiger partial charge is 0.467 e. The number of carbonyl (C=O) groups is 1. The molecular formula is C17H22N2O4S. The van der Waals surface area contributed by atoms with Crippen LogP contribution >= 0.6 is 0 Å². The van der Waals surface area contributed by atoms with Crippen LogP contribution < -0.4 is 10.0 Å². The molecule has 1 heterocycles. The molecule has 0 saturated heterocycles. The van der Waals surface area contributed by atoms with E-state index in [4.69, 9.17) is 4.42 Å². The molecule has 2 N–H and O–H groups in total. The lowest BCUT2D eigenvalue weighted by Crippen LogP contribution is -2.40. The van der Waals surface area contributed by atoms with Gasteiger partial charge >= 0.3 is 0 Å². The molecule has 0 spiro atoms. The predicted octanol–water partition coefficient (Wildman–Crippen LogP) is 2.85. The summed E-state index contributed by atoms with van der Waals surface area (Å²) >= 11 is 0. The SMILES string of the molecule is C[C@H](NC(=O)c1ccc(S(=O)(=O)NC(C)(C)C)cc1)c1ccco1. The van der Waals surface area contributed by atoms with Gasteiger partial charge in [-0.3, -0.25) is 4.79 Å². The summed E-state index contributed by atoms with van der Waals surface area (Å²) in [4.78, 5) is 12.3. The van der Waals surface area contributed by atoms with Crippen LogP contribution in [-0.4, -0.2) is 19.9 Å². The summed E-state index contributed by atoms with van der Waals surface area (Å²) in [6.07, 6.45) is 1.54. The van der Waals surface area contributed by atoms with Crippen LogP contribution in [-0.2, 0) is 10.0 Å². The molecule has 1 aromatic carbocycles. The maximum Gasteiger partial charge on any atom is 0.251 e. The first-order chi connectivity index (χ1) is 11.1. The van der Waals surface area contributed by atoms with Gasteiger partial charge in [-0.2, -0.15) is 0 Å². The fourth-order valence-electron chi connectivity index (χ4n) is 2.14. The number of hydrogen-bond acceptors (Lipinski definition) is 4.